The topological polar surface area (TPSA) is 102 Å². The normalized spacial score (nSPS) is 20.8. The lowest BCUT2D eigenvalue weighted by Gasteiger charge is -2.33. The first kappa shape index (κ1) is 24.0. The number of thioether (sulfide) groups is 1. The molecule has 3 aromatic rings. The molecule has 0 spiro atoms. The molecular weight excluding hydrogens is 465 g/mol. The van der Waals surface area contributed by atoms with E-state index in [-0.39, 0.29) is 17.8 Å². The third-order valence-electron chi connectivity index (χ3n) is 7.06. The molecule has 5 rings (SSSR count). The number of nitrogens with one attached hydrogen (secondary N) is 2. The van der Waals surface area contributed by atoms with Gasteiger partial charge in [-0.3, -0.25) is 4.79 Å². The molecule has 4 N–H and O–H groups in total. The number of pyridine rings is 2. The number of rotatable bonds is 7. The Balaban J connectivity index is 1.17. The maximum atomic E-state index is 14.7. The standard InChI is InChI=1S/C26H30FN5O2S/c1-34-22-4-2-3-18-19(20(27)13-30-25(18)22)11-21(28)15-5-7-16(8-6-15)29-12-17-9-10-23-26(31-17)32-24(33)14-35-23/h2-4,9-10,13,15-16,21,29H,5-8,11-12,14,28H2,1H3,(H,31,32,33)/t15?,16?,21-/m1/s1. The van der Waals surface area contributed by atoms with Crippen LogP contribution in [0.1, 0.15) is 36.9 Å². The Morgan fingerprint density at radius 3 is 2.89 bits per heavy atom. The minimum Gasteiger partial charge on any atom is -0.494 e. The van der Waals surface area contributed by atoms with Crippen molar-refractivity contribution in [3.63, 3.8) is 0 Å². The van der Waals surface area contributed by atoms with Gasteiger partial charge in [0.25, 0.3) is 0 Å². The van der Waals surface area contributed by atoms with Gasteiger partial charge in [-0.05, 0) is 56.2 Å². The lowest BCUT2D eigenvalue weighted by molar-refractivity contribution is -0.113. The summed E-state index contributed by atoms with van der Waals surface area (Å²) >= 11 is 1.52. The van der Waals surface area contributed by atoms with Crippen LogP contribution in [0.3, 0.4) is 0 Å². The zero-order valence-corrected chi connectivity index (χ0v) is 20.5. The van der Waals surface area contributed by atoms with Crippen LogP contribution in [0.15, 0.2) is 41.4 Å². The summed E-state index contributed by atoms with van der Waals surface area (Å²) in [5, 5.41) is 7.22. The lowest BCUT2D eigenvalue weighted by Crippen LogP contribution is -2.39. The third-order valence-corrected chi connectivity index (χ3v) is 8.11. The molecule has 1 aliphatic carbocycles. The Bertz CT molecular complexity index is 1230. The van der Waals surface area contributed by atoms with Crippen LogP contribution >= 0.6 is 11.8 Å². The maximum absolute atomic E-state index is 14.7. The van der Waals surface area contributed by atoms with Crippen molar-refractivity contribution in [2.45, 2.75) is 55.6 Å². The molecule has 0 saturated heterocycles. The number of carbonyl (C=O) groups excluding carboxylic acids is 1. The second-order valence-electron chi connectivity index (χ2n) is 9.29. The van der Waals surface area contributed by atoms with Gasteiger partial charge in [0.2, 0.25) is 5.91 Å². The number of para-hydroxylation sites is 1. The first-order valence-corrected chi connectivity index (χ1v) is 13.0. The quantitative estimate of drug-likeness (QED) is 0.455. The van der Waals surface area contributed by atoms with Gasteiger partial charge in [-0.15, -0.1) is 11.8 Å². The van der Waals surface area contributed by atoms with E-state index >= 15 is 0 Å². The van der Waals surface area contributed by atoms with Gasteiger partial charge in [0, 0.05) is 29.6 Å². The van der Waals surface area contributed by atoms with E-state index in [1.165, 1.54) is 18.0 Å². The summed E-state index contributed by atoms with van der Waals surface area (Å²) in [6, 6.07) is 9.89. The van der Waals surface area contributed by atoms with E-state index in [4.69, 9.17) is 10.5 Å². The third kappa shape index (κ3) is 5.27. The number of anilines is 1. The van der Waals surface area contributed by atoms with Crippen molar-refractivity contribution >= 4 is 34.4 Å². The van der Waals surface area contributed by atoms with Gasteiger partial charge in [0.1, 0.15) is 22.9 Å². The highest BCUT2D eigenvalue weighted by Crippen LogP contribution is 2.32. The van der Waals surface area contributed by atoms with Gasteiger partial charge in [0.05, 0.1) is 29.6 Å². The van der Waals surface area contributed by atoms with E-state index in [1.807, 2.05) is 30.3 Å². The molecule has 9 heteroatoms. The van der Waals surface area contributed by atoms with Crippen LogP contribution in [0, 0.1) is 11.7 Å². The number of ether oxygens (including phenoxy) is 1. The average Bonchev–Trinajstić information content (AvgIpc) is 2.88. The molecular formula is C26H30FN5O2S. The Kier molecular flexibility index (Phi) is 7.17. The Morgan fingerprint density at radius 2 is 2.09 bits per heavy atom. The smallest absolute Gasteiger partial charge is 0.235 e. The van der Waals surface area contributed by atoms with Crippen LogP contribution in [0.25, 0.3) is 10.9 Å². The molecule has 0 bridgehead atoms. The highest BCUT2D eigenvalue weighted by atomic mass is 32.2. The lowest BCUT2D eigenvalue weighted by atomic mass is 9.79. The van der Waals surface area contributed by atoms with Gasteiger partial charge < -0.3 is 21.1 Å². The van der Waals surface area contributed by atoms with Gasteiger partial charge in [-0.25, -0.2) is 14.4 Å². The zero-order chi connectivity index (χ0) is 24.4. The van der Waals surface area contributed by atoms with E-state index in [1.54, 1.807) is 7.11 Å². The molecule has 3 heterocycles. The molecule has 7 nitrogen and oxygen atoms in total. The fourth-order valence-corrected chi connectivity index (χ4v) is 5.86. The fraction of sp³-hybridized carbons (Fsp3) is 0.423. The van der Waals surface area contributed by atoms with Crippen molar-refractivity contribution in [1.82, 2.24) is 15.3 Å². The molecule has 1 amide bonds. The minimum absolute atomic E-state index is 0.00597. The van der Waals surface area contributed by atoms with Crippen molar-refractivity contribution in [3.05, 3.63) is 53.6 Å². The summed E-state index contributed by atoms with van der Waals surface area (Å²) in [6.07, 6.45) is 5.77. The number of nitrogens with two attached hydrogens (primary N) is 1. The Hall–Kier alpha value is -2.75. The van der Waals surface area contributed by atoms with E-state index in [2.05, 4.69) is 20.6 Å². The van der Waals surface area contributed by atoms with Gasteiger partial charge >= 0.3 is 0 Å². The molecule has 1 fully saturated rings. The average molecular weight is 496 g/mol. The number of hydrogen-bond acceptors (Lipinski definition) is 7. The van der Waals surface area contributed by atoms with Crippen molar-refractivity contribution in [2.24, 2.45) is 11.7 Å². The number of hydrogen-bond donors (Lipinski definition) is 3. The molecule has 1 aliphatic heterocycles. The van der Waals surface area contributed by atoms with Crippen LogP contribution < -0.4 is 21.1 Å². The monoisotopic (exact) mass is 495 g/mol. The van der Waals surface area contributed by atoms with Crippen LogP contribution in [0.2, 0.25) is 0 Å². The van der Waals surface area contributed by atoms with Crippen LogP contribution in [-0.4, -0.2) is 40.8 Å². The molecule has 0 unspecified atom stereocenters. The molecule has 35 heavy (non-hydrogen) atoms. The van der Waals surface area contributed by atoms with E-state index in [9.17, 15) is 9.18 Å². The number of nitrogens with zero attached hydrogens (tertiary/aromatic N) is 2. The maximum Gasteiger partial charge on any atom is 0.235 e. The first-order valence-electron chi connectivity index (χ1n) is 12.0. The molecule has 2 aliphatic rings. The van der Waals surface area contributed by atoms with Crippen molar-refractivity contribution in [1.29, 1.82) is 0 Å². The summed E-state index contributed by atoms with van der Waals surface area (Å²) < 4.78 is 20.1. The number of methoxy groups -OCH3 is 1. The van der Waals surface area contributed by atoms with Crippen LogP contribution in [-0.2, 0) is 17.8 Å². The molecule has 184 valence electrons. The zero-order valence-electron chi connectivity index (χ0n) is 19.7. The van der Waals surface area contributed by atoms with E-state index < -0.39 is 0 Å². The number of carbonyl (C=O) groups is 1. The summed E-state index contributed by atoms with van der Waals surface area (Å²) in [7, 11) is 1.59. The fourth-order valence-electron chi connectivity index (χ4n) is 5.10. The summed E-state index contributed by atoms with van der Waals surface area (Å²) in [6.45, 7) is 0.658. The minimum atomic E-state index is -0.316. The van der Waals surface area contributed by atoms with Gasteiger partial charge in [-0.2, -0.15) is 0 Å². The SMILES string of the molecule is COc1cccc2c(C[C@@H](N)C3CCC(NCc4ccc5c(n4)NC(=O)CS5)CC3)c(F)cnc12. The first-order chi connectivity index (χ1) is 17.0. The van der Waals surface area contributed by atoms with E-state index in [0.717, 1.165) is 41.7 Å². The molecule has 1 saturated carbocycles. The molecule has 0 radical (unpaired) electrons. The second-order valence-corrected chi connectivity index (χ2v) is 10.3. The number of amides is 1. The second kappa shape index (κ2) is 10.5. The number of aromatic nitrogens is 2. The number of benzene rings is 1. The predicted molar refractivity (Wildman–Crippen MR) is 136 cm³/mol. The van der Waals surface area contributed by atoms with Gasteiger partial charge in [-0.1, -0.05) is 12.1 Å². The molecule has 2 aromatic heterocycles. The largest absolute Gasteiger partial charge is 0.494 e. The van der Waals surface area contributed by atoms with Crippen LogP contribution in [0.5, 0.6) is 5.75 Å². The Morgan fingerprint density at radius 1 is 1.26 bits per heavy atom. The van der Waals surface area contributed by atoms with Gasteiger partial charge in [0.15, 0.2) is 0 Å². The predicted octanol–water partition coefficient (Wildman–Crippen LogP) is 4.04. The summed E-state index contributed by atoms with van der Waals surface area (Å²) in [5.74, 6) is 1.76. The molecule has 1 atom stereocenters. The van der Waals surface area contributed by atoms with E-state index in [0.29, 0.717) is 53.3 Å². The summed E-state index contributed by atoms with van der Waals surface area (Å²) in [4.78, 5) is 21.5. The number of halogens is 1. The Labute approximate surface area is 208 Å². The highest BCUT2D eigenvalue weighted by molar-refractivity contribution is 8.00. The number of fused-ring (bicyclic) bond motifs is 2. The van der Waals surface area contributed by atoms with Crippen molar-refractivity contribution in [3.8, 4) is 5.75 Å². The highest BCUT2D eigenvalue weighted by Gasteiger charge is 2.27. The summed E-state index contributed by atoms with van der Waals surface area (Å²) in [5.41, 5.74) is 8.81. The van der Waals surface area contributed by atoms with Crippen molar-refractivity contribution in [2.75, 3.05) is 18.2 Å². The molecule has 1 aromatic carbocycles. The van der Waals surface area contributed by atoms with Crippen molar-refractivity contribution < 1.29 is 13.9 Å². The van der Waals surface area contributed by atoms with Crippen LogP contribution in [0.4, 0.5) is 10.2 Å².